The zero-order valence-corrected chi connectivity index (χ0v) is 13.7. The molecule has 2 heterocycles. The van der Waals surface area contributed by atoms with Crippen LogP contribution >= 0.6 is 11.3 Å². The molecule has 1 aromatic rings. The van der Waals surface area contributed by atoms with Crippen molar-refractivity contribution in [2.75, 3.05) is 26.9 Å². The van der Waals surface area contributed by atoms with Crippen LogP contribution in [0.25, 0.3) is 0 Å². The number of rotatable bonds is 6. The highest BCUT2D eigenvalue weighted by molar-refractivity contribution is 7.13. The summed E-state index contributed by atoms with van der Waals surface area (Å²) >= 11 is 1.39. The number of methoxy groups -OCH3 is 1. The minimum absolute atomic E-state index is 0.192. The van der Waals surface area contributed by atoms with E-state index in [1.54, 1.807) is 13.3 Å². The summed E-state index contributed by atoms with van der Waals surface area (Å²) in [6, 6.07) is 0. The van der Waals surface area contributed by atoms with Gasteiger partial charge in [-0.05, 0) is 19.3 Å². The lowest BCUT2D eigenvalue weighted by Crippen LogP contribution is -2.55. The molecular formula is C15H20N2O5S. The molecule has 0 radical (unpaired) electrons. The van der Waals surface area contributed by atoms with E-state index in [1.807, 2.05) is 0 Å². The summed E-state index contributed by atoms with van der Waals surface area (Å²) in [5, 5.41) is 12.7. The second kappa shape index (κ2) is 6.54. The van der Waals surface area contributed by atoms with Crippen LogP contribution in [0.15, 0.2) is 6.20 Å². The maximum absolute atomic E-state index is 12.2. The molecule has 0 spiro atoms. The first kappa shape index (κ1) is 16.4. The van der Waals surface area contributed by atoms with Gasteiger partial charge in [-0.1, -0.05) is 0 Å². The lowest BCUT2D eigenvalue weighted by molar-refractivity contribution is -0.161. The predicted octanol–water partition coefficient (Wildman–Crippen LogP) is 1.26. The van der Waals surface area contributed by atoms with Crippen LogP contribution < -0.4 is 5.32 Å². The molecule has 23 heavy (non-hydrogen) atoms. The maximum atomic E-state index is 12.2. The molecule has 1 saturated heterocycles. The number of carboxylic acids is 1. The van der Waals surface area contributed by atoms with Gasteiger partial charge in [0.1, 0.15) is 4.88 Å². The van der Waals surface area contributed by atoms with Gasteiger partial charge in [-0.2, -0.15) is 0 Å². The van der Waals surface area contributed by atoms with Gasteiger partial charge in [0.15, 0.2) is 0 Å². The zero-order valence-electron chi connectivity index (χ0n) is 12.9. The Balaban J connectivity index is 1.54. The Morgan fingerprint density at radius 2 is 2.35 bits per heavy atom. The van der Waals surface area contributed by atoms with Crippen LogP contribution in [-0.2, 0) is 14.3 Å². The van der Waals surface area contributed by atoms with Crippen molar-refractivity contribution < 1.29 is 24.2 Å². The third-order valence-electron chi connectivity index (χ3n) is 4.62. The lowest BCUT2D eigenvalue weighted by atomic mass is 9.70. The summed E-state index contributed by atoms with van der Waals surface area (Å²) in [5.74, 6) is -1.10. The van der Waals surface area contributed by atoms with E-state index in [-0.39, 0.29) is 17.7 Å². The van der Waals surface area contributed by atoms with Gasteiger partial charge in [-0.25, -0.2) is 4.98 Å². The van der Waals surface area contributed by atoms with Crippen LogP contribution in [0, 0.1) is 5.92 Å². The van der Waals surface area contributed by atoms with Crippen molar-refractivity contribution in [1.29, 1.82) is 0 Å². The molecule has 7 nitrogen and oxygen atoms in total. The standard InChI is InChI=1S/C15H20N2O5S/c1-21-15(4-10(5-15)14(19)20)8-17-12(18)11-6-16-13(23-11)9-2-3-22-7-9/h6,9-10H,2-5,7-8H2,1H3,(H,17,18)(H,19,20). The van der Waals surface area contributed by atoms with Crippen LogP contribution in [-0.4, -0.2) is 54.4 Å². The Kier molecular flexibility index (Phi) is 4.65. The number of carbonyl (C=O) groups excluding carboxylic acids is 1. The van der Waals surface area contributed by atoms with Crippen molar-refractivity contribution in [3.8, 4) is 0 Å². The summed E-state index contributed by atoms with van der Waals surface area (Å²) in [6.07, 6.45) is 3.38. The molecule has 2 aliphatic rings. The number of amides is 1. The molecule has 8 heteroatoms. The number of nitrogens with one attached hydrogen (secondary N) is 1. The maximum Gasteiger partial charge on any atom is 0.306 e. The van der Waals surface area contributed by atoms with Gasteiger partial charge in [0.05, 0.1) is 29.3 Å². The molecule has 2 N–H and O–H groups in total. The molecule has 126 valence electrons. The van der Waals surface area contributed by atoms with Crippen molar-refractivity contribution in [2.24, 2.45) is 5.92 Å². The van der Waals surface area contributed by atoms with Gasteiger partial charge < -0.3 is 19.9 Å². The molecule has 1 unspecified atom stereocenters. The molecule has 1 aromatic heterocycles. The first-order chi connectivity index (χ1) is 11.0. The second-order valence-corrected chi connectivity index (χ2v) is 7.20. The minimum atomic E-state index is -0.810. The average Bonchev–Trinajstić information content (AvgIpc) is 3.16. The number of ether oxygens (including phenoxy) is 2. The van der Waals surface area contributed by atoms with E-state index in [0.29, 0.717) is 30.9 Å². The number of nitrogens with zero attached hydrogens (tertiary/aromatic N) is 1. The van der Waals surface area contributed by atoms with Crippen LogP contribution in [0.2, 0.25) is 0 Å². The number of aliphatic carboxylic acids is 1. The Morgan fingerprint density at radius 3 is 2.96 bits per heavy atom. The average molecular weight is 340 g/mol. The molecular weight excluding hydrogens is 320 g/mol. The second-order valence-electron chi connectivity index (χ2n) is 6.14. The van der Waals surface area contributed by atoms with E-state index >= 15 is 0 Å². The minimum Gasteiger partial charge on any atom is -0.481 e. The first-order valence-corrected chi connectivity index (χ1v) is 8.44. The molecule has 1 saturated carbocycles. The summed E-state index contributed by atoms with van der Waals surface area (Å²) in [4.78, 5) is 28.0. The number of aromatic nitrogens is 1. The highest BCUT2D eigenvalue weighted by Crippen LogP contribution is 2.40. The Labute approximate surface area is 138 Å². The third kappa shape index (κ3) is 3.39. The zero-order chi connectivity index (χ0) is 16.4. The largest absolute Gasteiger partial charge is 0.481 e. The summed E-state index contributed by atoms with van der Waals surface area (Å²) in [7, 11) is 1.55. The van der Waals surface area contributed by atoms with E-state index in [9.17, 15) is 9.59 Å². The summed E-state index contributed by atoms with van der Waals surface area (Å²) < 4.78 is 10.8. The SMILES string of the molecule is COC1(CNC(=O)c2cnc(C3CCOC3)s2)CC(C(=O)O)C1. The predicted molar refractivity (Wildman–Crippen MR) is 82.7 cm³/mol. The fourth-order valence-electron chi connectivity index (χ4n) is 3.04. The van der Waals surface area contributed by atoms with Gasteiger partial charge in [-0.3, -0.25) is 9.59 Å². The van der Waals surface area contributed by atoms with Crippen LogP contribution in [0.3, 0.4) is 0 Å². The normalized spacial score (nSPS) is 30.0. The number of carboxylic acid groups (broad SMARTS) is 1. The fourth-order valence-corrected chi connectivity index (χ4v) is 3.99. The van der Waals surface area contributed by atoms with E-state index in [1.165, 1.54) is 11.3 Å². The van der Waals surface area contributed by atoms with Crippen LogP contribution in [0.5, 0.6) is 0 Å². The molecule has 3 rings (SSSR count). The number of hydrogen-bond donors (Lipinski definition) is 2. The van der Waals surface area contributed by atoms with Crippen molar-refractivity contribution in [3.05, 3.63) is 16.1 Å². The molecule has 2 fully saturated rings. The first-order valence-electron chi connectivity index (χ1n) is 7.62. The molecule has 1 amide bonds. The lowest BCUT2D eigenvalue weighted by Gasteiger charge is -2.44. The smallest absolute Gasteiger partial charge is 0.306 e. The van der Waals surface area contributed by atoms with E-state index in [0.717, 1.165) is 18.0 Å². The molecule has 0 bridgehead atoms. The summed E-state index contributed by atoms with van der Waals surface area (Å²) in [5.41, 5.74) is -0.564. The fraction of sp³-hybridized carbons (Fsp3) is 0.667. The van der Waals surface area contributed by atoms with Crippen LogP contribution in [0.4, 0.5) is 0 Å². The van der Waals surface area contributed by atoms with E-state index in [4.69, 9.17) is 14.6 Å². The Bertz CT molecular complexity index is 590. The quantitative estimate of drug-likeness (QED) is 0.809. The highest BCUT2D eigenvalue weighted by Gasteiger charge is 2.48. The van der Waals surface area contributed by atoms with Gasteiger partial charge in [0.25, 0.3) is 5.91 Å². The number of hydrogen-bond acceptors (Lipinski definition) is 6. The topological polar surface area (TPSA) is 97.8 Å². The van der Waals surface area contributed by atoms with Crippen molar-refractivity contribution in [3.63, 3.8) is 0 Å². The van der Waals surface area contributed by atoms with Crippen molar-refractivity contribution >= 4 is 23.2 Å². The van der Waals surface area contributed by atoms with Crippen molar-refractivity contribution in [2.45, 2.75) is 30.8 Å². The molecule has 1 atom stereocenters. The highest BCUT2D eigenvalue weighted by atomic mass is 32.1. The van der Waals surface area contributed by atoms with E-state index in [2.05, 4.69) is 10.3 Å². The van der Waals surface area contributed by atoms with Crippen LogP contribution in [0.1, 0.15) is 39.9 Å². The van der Waals surface area contributed by atoms with Gasteiger partial charge in [0, 0.05) is 26.2 Å². The van der Waals surface area contributed by atoms with Gasteiger partial charge >= 0.3 is 5.97 Å². The number of thiazole rings is 1. The van der Waals surface area contributed by atoms with Gasteiger partial charge in [-0.15, -0.1) is 11.3 Å². The monoisotopic (exact) mass is 340 g/mol. The Morgan fingerprint density at radius 1 is 1.57 bits per heavy atom. The van der Waals surface area contributed by atoms with Gasteiger partial charge in [0.2, 0.25) is 0 Å². The van der Waals surface area contributed by atoms with E-state index < -0.39 is 11.6 Å². The molecule has 1 aliphatic heterocycles. The summed E-state index contributed by atoms with van der Waals surface area (Å²) in [6.45, 7) is 1.72. The third-order valence-corrected chi connectivity index (χ3v) is 5.78. The van der Waals surface area contributed by atoms with Crippen molar-refractivity contribution in [1.82, 2.24) is 10.3 Å². The number of carbonyl (C=O) groups is 2. The molecule has 1 aliphatic carbocycles. The molecule has 0 aromatic carbocycles. The Hall–Kier alpha value is -1.51.